The van der Waals surface area contributed by atoms with Gasteiger partial charge in [-0.05, 0) is 47.4 Å². The van der Waals surface area contributed by atoms with Gasteiger partial charge in [0.1, 0.15) is 23.7 Å². The Bertz CT molecular complexity index is 1660. The van der Waals surface area contributed by atoms with Gasteiger partial charge in [0, 0.05) is 23.4 Å². The summed E-state index contributed by atoms with van der Waals surface area (Å²) in [6, 6.07) is 13.9. The molecule has 186 valence electrons. The third-order valence-electron chi connectivity index (χ3n) is 6.88. The van der Waals surface area contributed by atoms with Crippen LogP contribution in [0.25, 0.3) is 45.2 Å². The maximum absolute atomic E-state index is 13.9. The van der Waals surface area contributed by atoms with E-state index in [1.54, 1.807) is 30.3 Å². The van der Waals surface area contributed by atoms with Crippen molar-refractivity contribution in [1.82, 2.24) is 29.5 Å². The second-order valence-corrected chi connectivity index (χ2v) is 10.3. The van der Waals surface area contributed by atoms with Gasteiger partial charge in [0.25, 0.3) is 0 Å². The Morgan fingerprint density at radius 2 is 1.62 bits per heavy atom. The maximum Gasteiger partial charge on any atom is 0.193 e. The first-order valence-electron chi connectivity index (χ1n) is 12.0. The molecule has 1 aliphatic heterocycles. The van der Waals surface area contributed by atoms with Crippen molar-refractivity contribution in [3.63, 3.8) is 0 Å². The van der Waals surface area contributed by atoms with Crippen LogP contribution in [0.4, 0.5) is 8.78 Å². The van der Waals surface area contributed by atoms with Crippen LogP contribution in [0.2, 0.25) is 0 Å². The molecule has 1 aliphatic rings. The van der Waals surface area contributed by atoms with Crippen LogP contribution in [0.3, 0.4) is 0 Å². The highest BCUT2D eigenvalue weighted by molar-refractivity contribution is 5.91. The van der Waals surface area contributed by atoms with Gasteiger partial charge >= 0.3 is 0 Å². The van der Waals surface area contributed by atoms with Crippen LogP contribution < -0.4 is 5.43 Å². The molecule has 7 nitrogen and oxygen atoms in total. The normalized spacial score (nSPS) is 14.9. The van der Waals surface area contributed by atoms with Gasteiger partial charge in [-0.2, -0.15) is 10.2 Å². The molecule has 4 heterocycles. The number of hydrogen-bond donors (Lipinski definition) is 1. The van der Waals surface area contributed by atoms with Crippen molar-refractivity contribution in [3.8, 4) is 45.2 Å². The smallest absolute Gasteiger partial charge is 0.193 e. The fraction of sp³-hybridized carbons (Fsp3) is 0.214. The minimum atomic E-state index is -0.353. The summed E-state index contributed by atoms with van der Waals surface area (Å²) in [6.07, 6.45) is 3.20. The largest absolute Gasteiger partial charge is 0.340 e. The highest BCUT2D eigenvalue weighted by atomic mass is 19.1. The number of rotatable bonds is 3. The molecule has 0 saturated carbocycles. The molecule has 0 aliphatic carbocycles. The lowest BCUT2D eigenvalue weighted by molar-refractivity contribution is 0.202. The summed E-state index contributed by atoms with van der Waals surface area (Å²) >= 11 is 0. The molecule has 0 radical (unpaired) electrons. The van der Waals surface area contributed by atoms with Crippen LogP contribution in [0.5, 0.6) is 0 Å². The number of pyridine rings is 1. The first-order valence-corrected chi connectivity index (χ1v) is 12.0. The summed E-state index contributed by atoms with van der Waals surface area (Å²) in [5.41, 5.74) is 4.32. The lowest BCUT2D eigenvalue weighted by atomic mass is 9.84. The first-order chi connectivity index (χ1) is 17.7. The van der Waals surface area contributed by atoms with Gasteiger partial charge < -0.3 is 4.57 Å². The molecular formula is C28H24F2N6O. The van der Waals surface area contributed by atoms with E-state index in [1.807, 2.05) is 10.9 Å². The van der Waals surface area contributed by atoms with E-state index in [9.17, 15) is 13.6 Å². The van der Waals surface area contributed by atoms with Crippen molar-refractivity contribution in [2.24, 2.45) is 5.41 Å². The Morgan fingerprint density at radius 3 is 2.22 bits per heavy atom. The van der Waals surface area contributed by atoms with Gasteiger partial charge in [0.15, 0.2) is 11.3 Å². The lowest BCUT2D eigenvalue weighted by Crippen LogP contribution is -2.34. The number of aromatic amines is 1. The molecule has 9 heteroatoms. The molecule has 0 amide bonds. The number of nitrogens with zero attached hydrogens (tertiary/aromatic N) is 5. The Balaban J connectivity index is 1.67. The molecule has 5 aromatic rings. The second-order valence-electron chi connectivity index (χ2n) is 10.3. The third kappa shape index (κ3) is 3.87. The molecule has 3 aromatic heterocycles. The van der Waals surface area contributed by atoms with Gasteiger partial charge in [-0.1, -0.05) is 32.9 Å². The van der Waals surface area contributed by atoms with Gasteiger partial charge in [0.2, 0.25) is 0 Å². The van der Waals surface area contributed by atoms with E-state index in [0.29, 0.717) is 29.3 Å². The van der Waals surface area contributed by atoms with Gasteiger partial charge in [0.05, 0.1) is 29.5 Å². The Morgan fingerprint density at radius 1 is 0.973 bits per heavy atom. The zero-order chi connectivity index (χ0) is 25.9. The van der Waals surface area contributed by atoms with E-state index in [1.165, 1.54) is 30.6 Å². The van der Waals surface area contributed by atoms with E-state index < -0.39 is 0 Å². The molecule has 0 spiro atoms. The number of hydrogen-bond acceptors (Lipinski definition) is 4. The molecule has 1 N–H and O–H groups in total. The number of benzene rings is 2. The molecule has 6 rings (SSSR count). The number of halogens is 2. The van der Waals surface area contributed by atoms with Crippen LogP contribution in [-0.4, -0.2) is 29.5 Å². The van der Waals surface area contributed by atoms with Crippen molar-refractivity contribution in [2.45, 2.75) is 33.4 Å². The van der Waals surface area contributed by atoms with Crippen LogP contribution in [0.1, 0.15) is 26.8 Å². The minimum absolute atomic E-state index is 0.0423. The minimum Gasteiger partial charge on any atom is -0.340 e. The molecule has 1 atom stereocenters. The average Bonchev–Trinajstić information content (AvgIpc) is 3.52. The molecule has 0 unspecified atom stereocenters. The monoisotopic (exact) mass is 498 g/mol. The summed E-state index contributed by atoms with van der Waals surface area (Å²) < 4.78 is 31.6. The van der Waals surface area contributed by atoms with Crippen molar-refractivity contribution in [1.29, 1.82) is 0 Å². The molecule has 0 saturated heterocycles. The van der Waals surface area contributed by atoms with Crippen molar-refractivity contribution in [3.05, 3.63) is 89.0 Å². The van der Waals surface area contributed by atoms with Crippen LogP contribution >= 0.6 is 0 Å². The lowest BCUT2D eigenvalue weighted by Gasteiger charge is -2.38. The van der Waals surface area contributed by atoms with E-state index in [-0.39, 0.29) is 28.5 Å². The van der Waals surface area contributed by atoms with Crippen molar-refractivity contribution in [2.75, 3.05) is 0 Å². The third-order valence-corrected chi connectivity index (χ3v) is 6.88. The predicted molar refractivity (Wildman–Crippen MR) is 137 cm³/mol. The van der Waals surface area contributed by atoms with Crippen molar-refractivity contribution >= 4 is 0 Å². The maximum atomic E-state index is 13.9. The Labute approximate surface area is 211 Å². The summed E-state index contributed by atoms with van der Waals surface area (Å²) in [4.78, 5) is 17.5. The molecule has 0 fully saturated rings. The van der Waals surface area contributed by atoms with E-state index >= 15 is 0 Å². The highest BCUT2D eigenvalue weighted by Gasteiger charge is 2.36. The van der Waals surface area contributed by atoms with Crippen molar-refractivity contribution < 1.29 is 8.78 Å². The number of fused-ring (bicyclic) bond motifs is 3. The first kappa shape index (κ1) is 23.0. The summed E-state index contributed by atoms with van der Waals surface area (Å²) in [6.45, 7) is 6.97. The predicted octanol–water partition coefficient (Wildman–Crippen LogP) is 5.71. The molecule has 0 bridgehead atoms. The van der Waals surface area contributed by atoms with Crippen LogP contribution in [0, 0.1) is 17.0 Å². The second kappa shape index (κ2) is 8.33. The fourth-order valence-corrected chi connectivity index (χ4v) is 5.01. The number of H-pyrrole nitrogens is 1. The van der Waals surface area contributed by atoms with Crippen LogP contribution in [-0.2, 0) is 6.54 Å². The number of nitrogens with one attached hydrogen (secondary N) is 1. The summed E-state index contributed by atoms with van der Waals surface area (Å²) in [5.74, 6) is -0.298. The standard InChI is InChI=1S/C28H24F2N6O/c1-28(2,3)23-14-36-26(21-12-22(37)20(13-35(21)23)27-31-15-32-33-27)24(16-4-8-18(29)9-5-16)25(34-36)17-6-10-19(30)11-7-17/h4-13,15,23H,14H2,1-3H3,(H,31,32,33)/t23-/m0/s1. The Kier molecular flexibility index (Phi) is 5.18. The van der Waals surface area contributed by atoms with Gasteiger partial charge in [-0.25, -0.2) is 13.8 Å². The Hall–Kier alpha value is -4.40. The zero-order valence-electron chi connectivity index (χ0n) is 20.5. The molecule has 37 heavy (non-hydrogen) atoms. The SMILES string of the molecule is CC(C)(C)[C@@H]1Cn2nc(-c3ccc(F)cc3)c(-c3ccc(F)cc3)c2-c2cc(=O)c(-c3ncn[nH]3)cn21. The topological polar surface area (TPSA) is 81.4 Å². The quantitative estimate of drug-likeness (QED) is 0.346. The fourth-order valence-electron chi connectivity index (χ4n) is 5.01. The van der Waals surface area contributed by atoms with E-state index in [4.69, 9.17) is 5.10 Å². The average molecular weight is 499 g/mol. The molecule has 2 aromatic carbocycles. The molecular weight excluding hydrogens is 474 g/mol. The highest BCUT2D eigenvalue weighted by Crippen LogP contribution is 2.46. The summed E-state index contributed by atoms with van der Waals surface area (Å²) in [7, 11) is 0. The van der Waals surface area contributed by atoms with Crippen LogP contribution in [0.15, 0.2) is 71.9 Å². The van der Waals surface area contributed by atoms with Gasteiger partial charge in [-0.3, -0.25) is 14.6 Å². The van der Waals surface area contributed by atoms with Gasteiger partial charge in [-0.15, -0.1) is 0 Å². The summed E-state index contributed by atoms with van der Waals surface area (Å²) in [5, 5.41) is 11.7. The van der Waals surface area contributed by atoms with E-state index in [0.717, 1.165) is 22.4 Å². The number of aromatic nitrogens is 6. The van der Waals surface area contributed by atoms with E-state index in [2.05, 4.69) is 40.5 Å². The zero-order valence-corrected chi connectivity index (χ0v) is 20.5.